The van der Waals surface area contributed by atoms with E-state index in [4.69, 9.17) is 9.29 Å². The van der Waals surface area contributed by atoms with Crippen LogP contribution in [0.4, 0.5) is 0 Å². The van der Waals surface area contributed by atoms with Crippen molar-refractivity contribution in [3.63, 3.8) is 0 Å². The van der Waals surface area contributed by atoms with Gasteiger partial charge in [-0.1, -0.05) is 0 Å². The average molecular weight is 321 g/mol. The summed E-state index contributed by atoms with van der Waals surface area (Å²) in [6, 6.07) is 0. The number of rotatable bonds is 4. The zero-order valence-corrected chi connectivity index (χ0v) is 11.3. The number of hydrogen-bond acceptors (Lipinski definition) is 5. The van der Waals surface area contributed by atoms with Crippen molar-refractivity contribution in [2.75, 3.05) is 5.75 Å². The van der Waals surface area contributed by atoms with Crippen LogP contribution in [0.15, 0.2) is 0 Å². The Morgan fingerprint density at radius 2 is 2.11 bits per heavy atom. The fourth-order valence-corrected chi connectivity index (χ4v) is 7.18. The van der Waals surface area contributed by atoms with Crippen molar-refractivity contribution in [1.29, 1.82) is 0 Å². The predicted octanol–water partition coefficient (Wildman–Crippen LogP) is 0.626. The van der Waals surface area contributed by atoms with Gasteiger partial charge in [-0.3, -0.25) is 0 Å². The van der Waals surface area contributed by atoms with Crippen LogP contribution in [0, 0.1) is 17.8 Å². The van der Waals surface area contributed by atoms with Crippen LogP contribution in [0.5, 0.6) is 0 Å². The van der Waals surface area contributed by atoms with Crippen molar-refractivity contribution in [2.24, 2.45) is 17.8 Å². The second-order valence-electron chi connectivity index (χ2n) is 5.07. The minimum absolute atomic E-state index is 0.00618. The van der Waals surface area contributed by atoms with Crippen LogP contribution < -0.4 is 0 Å². The molecular weight excluding hydrogens is 307 g/mol. The standard InChI is InChI=1S/C8H9O2.C2H5O3S.Co.O/c9-8-6-2-4-1-5(6)7(3-4)10-8;1-2-6(3,4)5;;/h2,4-7H,1,3H2;1-2H2,(H,3,4,5);;. The van der Waals surface area contributed by atoms with Crippen LogP contribution in [0.2, 0.25) is 10.2 Å². The third-order valence-corrected chi connectivity index (χ3v) is 7.52. The first-order chi connectivity index (χ1) is 8.37. The monoisotopic (exact) mass is 321 g/mol. The molecule has 1 N–H and O–H groups in total. The Bertz CT molecular complexity index is 512. The quantitative estimate of drug-likeness (QED) is 0.602. The third-order valence-electron chi connectivity index (χ3n) is 4.08. The Hall–Kier alpha value is -0.314. The summed E-state index contributed by atoms with van der Waals surface area (Å²) in [5.74, 6) is -0.695. The van der Waals surface area contributed by atoms with Gasteiger partial charge in [-0.25, -0.2) is 0 Å². The molecule has 0 aromatic heterocycles. The molecule has 1 aliphatic heterocycles. The van der Waals surface area contributed by atoms with E-state index in [1.165, 1.54) is 0 Å². The van der Waals surface area contributed by atoms with Crippen molar-refractivity contribution in [3.8, 4) is 0 Å². The van der Waals surface area contributed by atoms with Gasteiger partial charge in [-0.2, -0.15) is 0 Å². The molecule has 18 heavy (non-hydrogen) atoms. The molecular formula is C10H14CoO6S. The van der Waals surface area contributed by atoms with E-state index in [-0.39, 0.29) is 40.0 Å². The summed E-state index contributed by atoms with van der Waals surface area (Å²) in [6.07, 6.45) is 1.61. The number of fused-ring (bicyclic) bond motifs is 1. The van der Waals surface area contributed by atoms with Crippen molar-refractivity contribution in [3.05, 3.63) is 0 Å². The maximum absolute atomic E-state index is 12.2. The molecule has 0 radical (unpaired) electrons. The molecule has 5 unspecified atom stereocenters. The van der Waals surface area contributed by atoms with Crippen molar-refractivity contribution in [2.45, 2.75) is 29.2 Å². The number of carbonyl (C=O) groups is 1. The number of ether oxygens (including phenoxy) is 1. The zero-order valence-electron chi connectivity index (χ0n) is 9.45. The van der Waals surface area contributed by atoms with Crippen molar-refractivity contribution in [1.82, 2.24) is 0 Å². The molecule has 2 aliphatic carbocycles. The Balaban J connectivity index is 1.74. The number of hydrogen-bond donors (Lipinski definition) is 1. The maximum atomic E-state index is 12.2. The Kier molecular flexibility index (Phi) is 2.89. The summed E-state index contributed by atoms with van der Waals surface area (Å²) in [6.45, 7) is 0. The fraction of sp³-hybridized carbons (Fsp3) is 0.900. The van der Waals surface area contributed by atoms with Gasteiger partial charge in [0.1, 0.15) is 0 Å². The topological polar surface area (TPSA) is 97.7 Å². The molecule has 3 fully saturated rings. The van der Waals surface area contributed by atoms with E-state index in [2.05, 4.69) is 0 Å². The molecule has 1 heterocycles. The molecule has 2 saturated carbocycles. The van der Waals surface area contributed by atoms with Crippen LogP contribution >= 0.6 is 0 Å². The first kappa shape index (κ1) is 12.7. The van der Waals surface area contributed by atoms with Gasteiger partial charge in [-0.05, 0) is 0 Å². The number of esters is 1. The van der Waals surface area contributed by atoms with Crippen LogP contribution in [0.25, 0.3) is 0 Å². The first-order valence-electron chi connectivity index (χ1n) is 5.77. The van der Waals surface area contributed by atoms with Crippen LogP contribution in [-0.2, 0) is 37.1 Å². The van der Waals surface area contributed by atoms with Gasteiger partial charge in [0.05, 0.1) is 0 Å². The Labute approximate surface area is 109 Å². The number of carbonyl (C=O) groups excluding carboxylic acids is 1. The van der Waals surface area contributed by atoms with E-state index in [1.807, 2.05) is 0 Å². The molecule has 5 atom stereocenters. The SMILES string of the molecule is O=C1OC2CC3CC2C1[CH]3[Co](=[O])[CH2]CS(=O)(=O)O. The summed E-state index contributed by atoms with van der Waals surface area (Å²) in [5, 5.41) is -0.0752. The summed E-state index contributed by atoms with van der Waals surface area (Å²) in [5.41, 5.74) is 0. The molecule has 3 aliphatic rings. The van der Waals surface area contributed by atoms with Crippen molar-refractivity contribution >= 4 is 16.1 Å². The summed E-state index contributed by atoms with van der Waals surface area (Å²) >= 11 is -1.77. The fourth-order valence-electron chi connectivity index (χ4n) is 3.45. The average Bonchev–Trinajstić information content (AvgIpc) is 2.84. The molecule has 0 spiro atoms. The molecule has 0 aromatic carbocycles. The van der Waals surface area contributed by atoms with E-state index in [0.717, 1.165) is 12.8 Å². The normalized spacial score (nSPS) is 42.2. The Morgan fingerprint density at radius 3 is 2.78 bits per heavy atom. The van der Waals surface area contributed by atoms with Crippen molar-refractivity contribution < 1.29 is 40.0 Å². The van der Waals surface area contributed by atoms with E-state index in [9.17, 15) is 17.1 Å². The van der Waals surface area contributed by atoms with Gasteiger partial charge in [-0.15, -0.1) is 0 Å². The van der Waals surface area contributed by atoms with Crippen LogP contribution in [0.3, 0.4) is 0 Å². The van der Waals surface area contributed by atoms with E-state index in [1.54, 1.807) is 0 Å². The molecule has 1 saturated heterocycles. The molecule has 0 amide bonds. The molecule has 2 bridgehead atoms. The zero-order chi connectivity index (χ0) is 13.1. The molecule has 8 heteroatoms. The van der Waals surface area contributed by atoms with E-state index in [0.29, 0.717) is 0 Å². The van der Waals surface area contributed by atoms with Gasteiger partial charge in [0.25, 0.3) is 0 Å². The van der Waals surface area contributed by atoms with Gasteiger partial charge in [0, 0.05) is 0 Å². The summed E-state index contributed by atoms with van der Waals surface area (Å²) in [4.78, 5) is 11.4. The van der Waals surface area contributed by atoms with E-state index < -0.39 is 29.5 Å². The molecule has 6 nitrogen and oxygen atoms in total. The van der Waals surface area contributed by atoms with Gasteiger partial charge in [0.15, 0.2) is 0 Å². The minimum atomic E-state index is -4.09. The van der Waals surface area contributed by atoms with Gasteiger partial charge in [0.2, 0.25) is 0 Å². The second-order valence-corrected chi connectivity index (χ2v) is 8.83. The van der Waals surface area contributed by atoms with E-state index >= 15 is 0 Å². The first-order valence-corrected chi connectivity index (χ1v) is 9.14. The molecule has 3 rings (SSSR count). The Morgan fingerprint density at radius 1 is 1.39 bits per heavy atom. The summed E-state index contributed by atoms with van der Waals surface area (Å²) < 4.78 is 47.4. The molecule has 105 valence electrons. The second kappa shape index (κ2) is 4.09. The van der Waals surface area contributed by atoms with Gasteiger partial charge < -0.3 is 0 Å². The molecule has 0 aromatic rings. The third kappa shape index (κ3) is 1.95. The summed E-state index contributed by atoms with van der Waals surface area (Å²) in [7, 11) is -4.09. The predicted molar refractivity (Wildman–Crippen MR) is 55.2 cm³/mol. The van der Waals surface area contributed by atoms with Gasteiger partial charge >= 0.3 is 109 Å². The van der Waals surface area contributed by atoms with Crippen LogP contribution in [-0.4, -0.2) is 30.8 Å². The van der Waals surface area contributed by atoms with Crippen LogP contribution in [0.1, 0.15) is 12.8 Å².